The molecule has 1 fully saturated rings. The Bertz CT molecular complexity index is 1800. The van der Waals surface area contributed by atoms with E-state index in [4.69, 9.17) is 15.7 Å². The molecule has 2 aliphatic rings. The van der Waals surface area contributed by atoms with Crippen LogP contribution in [0.5, 0.6) is 0 Å². The molecule has 0 amide bonds. The number of aromatic nitrogens is 4. The molecular formula is C33H26N6. The number of pyridine rings is 2. The summed E-state index contributed by atoms with van der Waals surface area (Å²) in [6.07, 6.45) is 9.06. The molecule has 1 aliphatic carbocycles. The quantitative estimate of drug-likeness (QED) is 0.273. The zero-order chi connectivity index (χ0) is 26.0. The fourth-order valence-corrected chi connectivity index (χ4v) is 5.89. The van der Waals surface area contributed by atoms with Crippen molar-refractivity contribution in [2.45, 2.75) is 24.8 Å². The minimum absolute atomic E-state index is 0.192. The molecule has 188 valence electrons. The molecular weight excluding hydrogens is 480 g/mol. The fraction of sp³-hybridized carbons (Fsp3) is 0.121. The molecule has 0 radical (unpaired) electrons. The van der Waals surface area contributed by atoms with E-state index in [1.165, 1.54) is 12.0 Å². The highest BCUT2D eigenvalue weighted by atomic mass is 15.2. The molecule has 4 heterocycles. The molecule has 1 saturated carbocycles. The van der Waals surface area contributed by atoms with Gasteiger partial charge in [0.15, 0.2) is 5.82 Å². The van der Waals surface area contributed by atoms with E-state index >= 15 is 0 Å². The number of rotatable bonds is 3. The summed E-state index contributed by atoms with van der Waals surface area (Å²) in [5.41, 5.74) is 14.6. The fourth-order valence-electron chi connectivity index (χ4n) is 5.89. The average molecular weight is 507 g/mol. The second-order valence-corrected chi connectivity index (χ2v) is 10.5. The molecule has 6 aromatic rings. The van der Waals surface area contributed by atoms with Gasteiger partial charge < -0.3 is 5.73 Å². The molecule has 2 N–H and O–H groups in total. The van der Waals surface area contributed by atoms with Crippen molar-refractivity contribution in [3.63, 3.8) is 0 Å². The monoisotopic (exact) mass is 506 g/mol. The Hall–Kier alpha value is -4.81. The third kappa shape index (κ3) is 3.42. The highest BCUT2D eigenvalue weighted by molar-refractivity contribution is 5.91. The highest BCUT2D eigenvalue weighted by Gasteiger charge is 2.34. The van der Waals surface area contributed by atoms with Crippen LogP contribution in [0.4, 0.5) is 17.2 Å². The number of hydrogen-bond donors (Lipinski definition) is 1. The minimum Gasteiger partial charge on any atom is -0.321 e. The van der Waals surface area contributed by atoms with Crippen molar-refractivity contribution in [3.05, 3.63) is 115 Å². The second kappa shape index (κ2) is 8.35. The predicted molar refractivity (Wildman–Crippen MR) is 155 cm³/mol. The van der Waals surface area contributed by atoms with Crippen molar-refractivity contribution in [2.75, 3.05) is 4.90 Å². The molecule has 39 heavy (non-hydrogen) atoms. The van der Waals surface area contributed by atoms with Crippen LogP contribution in [-0.2, 0) is 5.54 Å². The number of benzene rings is 3. The normalized spacial score (nSPS) is 15.2. The maximum atomic E-state index is 6.63. The number of nitrogens with two attached hydrogens (primary N) is 1. The largest absolute Gasteiger partial charge is 0.321 e. The molecule has 0 spiro atoms. The SMILES string of the molecule is NC1(c2ccc(N3c4ccccc4-c4nc(-c5ccc6cccnc6c5)cn4-c4cccnc43)cc2)CCC1. The number of fused-ring (bicyclic) bond motifs is 6. The topological polar surface area (TPSA) is 72.9 Å². The number of anilines is 3. The summed E-state index contributed by atoms with van der Waals surface area (Å²) in [5.74, 6) is 1.73. The standard InChI is InChI=1S/C33H26N6/c34-33(16-5-17-33)24-12-14-25(15-13-24)39-29-8-2-1-7-26(29)31-37-28(21-38(31)30-9-4-19-36-32(30)39)23-11-10-22-6-3-18-35-27(22)20-23/h1-4,6-15,18-21H,5,16-17,34H2. The zero-order valence-corrected chi connectivity index (χ0v) is 21.3. The van der Waals surface area contributed by atoms with Gasteiger partial charge in [-0.1, -0.05) is 42.5 Å². The summed E-state index contributed by atoms with van der Waals surface area (Å²) in [7, 11) is 0. The maximum absolute atomic E-state index is 6.63. The van der Waals surface area contributed by atoms with Gasteiger partial charge in [0, 0.05) is 46.3 Å². The third-order valence-electron chi connectivity index (χ3n) is 8.18. The molecule has 8 rings (SSSR count). The third-order valence-corrected chi connectivity index (χ3v) is 8.18. The van der Waals surface area contributed by atoms with Gasteiger partial charge in [-0.2, -0.15) is 0 Å². The summed E-state index contributed by atoms with van der Waals surface area (Å²) in [6, 6.07) is 31.5. The average Bonchev–Trinajstić information content (AvgIpc) is 3.38. The van der Waals surface area contributed by atoms with E-state index in [1.807, 2.05) is 24.5 Å². The maximum Gasteiger partial charge on any atom is 0.162 e. The molecule has 3 aromatic heterocycles. The van der Waals surface area contributed by atoms with Gasteiger partial charge >= 0.3 is 0 Å². The van der Waals surface area contributed by atoms with Crippen LogP contribution in [0.2, 0.25) is 0 Å². The van der Waals surface area contributed by atoms with Crippen LogP contribution < -0.4 is 10.6 Å². The smallest absolute Gasteiger partial charge is 0.162 e. The van der Waals surface area contributed by atoms with Gasteiger partial charge in [-0.15, -0.1) is 0 Å². The van der Waals surface area contributed by atoms with Crippen LogP contribution >= 0.6 is 0 Å². The molecule has 6 nitrogen and oxygen atoms in total. The van der Waals surface area contributed by atoms with Crippen LogP contribution in [0.1, 0.15) is 24.8 Å². The molecule has 0 saturated heterocycles. The summed E-state index contributed by atoms with van der Waals surface area (Å²) >= 11 is 0. The van der Waals surface area contributed by atoms with E-state index < -0.39 is 0 Å². The lowest BCUT2D eigenvalue weighted by atomic mass is 9.73. The van der Waals surface area contributed by atoms with E-state index in [0.29, 0.717) is 0 Å². The van der Waals surface area contributed by atoms with E-state index in [1.54, 1.807) is 0 Å². The molecule has 0 unspecified atom stereocenters. The Kier molecular flexibility index (Phi) is 4.75. The summed E-state index contributed by atoms with van der Waals surface area (Å²) in [5, 5.41) is 1.11. The van der Waals surface area contributed by atoms with Crippen molar-refractivity contribution in [2.24, 2.45) is 5.73 Å². The molecule has 0 atom stereocenters. The zero-order valence-electron chi connectivity index (χ0n) is 21.3. The predicted octanol–water partition coefficient (Wildman–Crippen LogP) is 7.27. The Labute approximate surface area is 226 Å². The lowest BCUT2D eigenvalue weighted by molar-refractivity contribution is 0.253. The first-order valence-corrected chi connectivity index (χ1v) is 13.4. The van der Waals surface area contributed by atoms with Gasteiger partial charge in [-0.25, -0.2) is 9.97 Å². The van der Waals surface area contributed by atoms with E-state index in [-0.39, 0.29) is 5.54 Å². The number of nitrogens with zero attached hydrogens (tertiary/aromatic N) is 5. The van der Waals surface area contributed by atoms with Gasteiger partial charge in [0.2, 0.25) is 0 Å². The van der Waals surface area contributed by atoms with Gasteiger partial charge in [0.05, 0.1) is 22.6 Å². The van der Waals surface area contributed by atoms with Crippen LogP contribution in [0.15, 0.2) is 110 Å². The number of para-hydroxylation sites is 1. The van der Waals surface area contributed by atoms with E-state index in [0.717, 1.165) is 69.3 Å². The molecule has 6 heteroatoms. The van der Waals surface area contributed by atoms with Crippen molar-refractivity contribution >= 4 is 28.1 Å². The van der Waals surface area contributed by atoms with Gasteiger partial charge in [0.1, 0.15) is 5.82 Å². The van der Waals surface area contributed by atoms with Crippen molar-refractivity contribution < 1.29 is 0 Å². The van der Waals surface area contributed by atoms with Crippen LogP contribution in [0.25, 0.3) is 39.2 Å². The summed E-state index contributed by atoms with van der Waals surface area (Å²) < 4.78 is 2.16. The lowest BCUT2D eigenvalue weighted by Crippen LogP contribution is -2.43. The molecule has 0 bridgehead atoms. The minimum atomic E-state index is -0.192. The van der Waals surface area contributed by atoms with Gasteiger partial charge in [-0.05, 0) is 73.4 Å². The van der Waals surface area contributed by atoms with Gasteiger partial charge in [0.25, 0.3) is 0 Å². The Morgan fingerprint density at radius 3 is 2.41 bits per heavy atom. The van der Waals surface area contributed by atoms with E-state index in [2.05, 4.69) is 99.5 Å². The van der Waals surface area contributed by atoms with Crippen molar-refractivity contribution in [1.29, 1.82) is 0 Å². The van der Waals surface area contributed by atoms with E-state index in [9.17, 15) is 0 Å². The van der Waals surface area contributed by atoms with Crippen LogP contribution in [0, 0.1) is 0 Å². The first kappa shape index (κ1) is 22.2. The van der Waals surface area contributed by atoms with Crippen LogP contribution in [-0.4, -0.2) is 19.5 Å². The number of imidazole rings is 1. The molecule has 3 aromatic carbocycles. The second-order valence-electron chi connectivity index (χ2n) is 10.5. The number of hydrogen-bond acceptors (Lipinski definition) is 5. The molecule has 1 aliphatic heterocycles. The highest BCUT2D eigenvalue weighted by Crippen LogP contribution is 2.47. The Morgan fingerprint density at radius 2 is 1.56 bits per heavy atom. The Morgan fingerprint density at radius 1 is 0.769 bits per heavy atom. The first-order chi connectivity index (χ1) is 19.2. The summed E-state index contributed by atoms with van der Waals surface area (Å²) in [4.78, 5) is 16.9. The van der Waals surface area contributed by atoms with Crippen molar-refractivity contribution in [3.8, 4) is 28.3 Å². The first-order valence-electron chi connectivity index (χ1n) is 13.4. The van der Waals surface area contributed by atoms with Crippen LogP contribution in [0.3, 0.4) is 0 Å². The van der Waals surface area contributed by atoms with Crippen molar-refractivity contribution in [1.82, 2.24) is 19.5 Å². The van der Waals surface area contributed by atoms with Gasteiger partial charge in [-0.3, -0.25) is 14.5 Å². The lowest BCUT2D eigenvalue weighted by Gasteiger charge is -2.39. The summed E-state index contributed by atoms with van der Waals surface area (Å²) in [6.45, 7) is 0. The Balaban J connectivity index is 1.31.